The van der Waals surface area contributed by atoms with Crippen LogP contribution >= 0.6 is 12.4 Å². The Bertz CT molecular complexity index is 471. The van der Waals surface area contributed by atoms with E-state index in [2.05, 4.69) is 29.6 Å². The normalized spacial score (nSPS) is 21.9. The van der Waals surface area contributed by atoms with Crippen molar-refractivity contribution < 1.29 is 4.79 Å². The van der Waals surface area contributed by atoms with E-state index in [1.54, 1.807) is 0 Å². The van der Waals surface area contributed by atoms with Crippen LogP contribution < -0.4 is 5.32 Å². The van der Waals surface area contributed by atoms with Crippen molar-refractivity contribution >= 4 is 18.3 Å². The number of amides is 1. The van der Waals surface area contributed by atoms with E-state index >= 15 is 0 Å². The number of hydrogen-bond acceptors (Lipinski definition) is 2. The van der Waals surface area contributed by atoms with Crippen LogP contribution in [-0.4, -0.2) is 29.9 Å². The number of rotatable bonds is 2. The second-order valence-electron chi connectivity index (χ2n) is 5.79. The lowest BCUT2D eigenvalue weighted by atomic mass is 9.95. The molecule has 0 saturated heterocycles. The molecule has 1 saturated carbocycles. The van der Waals surface area contributed by atoms with E-state index in [-0.39, 0.29) is 24.4 Å². The Kier molecular flexibility index (Phi) is 5.06. The summed E-state index contributed by atoms with van der Waals surface area (Å²) >= 11 is 0. The van der Waals surface area contributed by atoms with Crippen LogP contribution in [0.4, 0.5) is 0 Å². The van der Waals surface area contributed by atoms with Gasteiger partial charge in [-0.15, -0.1) is 12.4 Å². The summed E-state index contributed by atoms with van der Waals surface area (Å²) in [5.74, 6) is 0.265. The van der Waals surface area contributed by atoms with Crippen molar-refractivity contribution in [2.75, 3.05) is 7.05 Å². The fourth-order valence-corrected chi connectivity index (χ4v) is 3.35. The fourth-order valence-electron chi connectivity index (χ4n) is 3.35. The molecule has 3 nitrogen and oxygen atoms in total. The third-order valence-electron chi connectivity index (χ3n) is 4.60. The monoisotopic (exact) mass is 294 g/mol. The van der Waals surface area contributed by atoms with Crippen LogP contribution in [0.2, 0.25) is 0 Å². The molecule has 1 atom stereocenters. The first kappa shape index (κ1) is 15.3. The summed E-state index contributed by atoms with van der Waals surface area (Å²) in [4.78, 5) is 14.5. The molecule has 1 heterocycles. The van der Waals surface area contributed by atoms with E-state index in [4.69, 9.17) is 0 Å². The number of likely N-dealkylation sites (N-methyl/N-ethyl adjacent to an activating group) is 1. The molecule has 3 rings (SSSR count). The van der Waals surface area contributed by atoms with Gasteiger partial charge in [0.25, 0.3) is 0 Å². The Labute approximate surface area is 127 Å². The predicted octanol–water partition coefficient (Wildman–Crippen LogP) is 2.52. The first-order valence-electron chi connectivity index (χ1n) is 7.32. The molecule has 1 unspecified atom stereocenters. The number of carbonyl (C=O) groups excluding carboxylic acids is 1. The SMILES string of the molecule is CN(C(=O)C1Cc2ccccc2CN1)C1CCCC1.Cl. The van der Waals surface area contributed by atoms with Gasteiger partial charge in [0.15, 0.2) is 0 Å². The number of benzene rings is 1. The Hall–Kier alpha value is -1.06. The molecule has 0 aromatic heterocycles. The summed E-state index contributed by atoms with van der Waals surface area (Å²) in [7, 11) is 1.97. The summed E-state index contributed by atoms with van der Waals surface area (Å²) in [6.45, 7) is 0.811. The average Bonchev–Trinajstić information content (AvgIpc) is 2.99. The minimum Gasteiger partial charge on any atom is -0.341 e. The molecule has 1 aliphatic heterocycles. The Morgan fingerprint density at radius 3 is 2.55 bits per heavy atom. The zero-order valence-corrected chi connectivity index (χ0v) is 12.8. The Balaban J connectivity index is 0.00000147. The van der Waals surface area contributed by atoms with E-state index in [0.29, 0.717) is 6.04 Å². The van der Waals surface area contributed by atoms with E-state index < -0.39 is 0 Å². The number of nitrogens with one attached hydrogen (secondary N) is 1. The summed E-state index contributed by atoms with van der Waals surface area (Å²) in [5, 5.41) is 3.39. The minimum absolute atomic E-state index is 0. The number of hydrogen-bond donors (Lipinski definition) is 1. The highest BCUT2D eigenvalue weighted by Gasteiger charge is 2.30. The maximum Gasteiger partial charge on any atom is 0.240 e. The molecule has 0 spiro atoms. The van der Waals surface area contributed by atoms with Gasteiger partial charge in [-0.05, 0) is 30.4 Å². The molecule has 4 heteroatoms. The molecule has 2 aliphatic rings. The molecule has 110 valence electrons. The zero-order chi connectivity index (χ0) is 13.2. The van der Waals surface area contributed by atoms with E-state index in [0.717, 1.165) is 13.0 Å². The van der Waals surface area contributed by atoms with E-state index in [1.807, 2.05) is 11.9 Å². The Morgan fingerprint density at radius 1 is 1.20 bits per heavy atom. The van der Waals surface area contributed by atoms with Crippen molar-refractivity contribution in [3.8, 4) is 0 Å². The fraction of sp³-hybridized carbons (Fsp3) is 0.562. The highest BCUT2D eigenvalue weighted by molar-refractivity contribution is 5.85. The third-order valence-corrected chi connectivity index (χ3v) is 4.60. The van der Waals surface area contributed by atoms with Gasteiger partial charge < -0.3 is 10.2 Å². The van der Waals surface area contributed by atoms with Gasteiger partial charge >= 0.3 is 0 Å². The van der Waals surface area contributed by atoms with Crippen LogP contribution in [0.5, 0.6) is 0 Å². The molecule has 0 bridgehead atoms. The maximum absolute atomic E-state index is 12.6. The van der Waals surface area contributed by atoms with Gasteiger partial charge in [-0.1, -0.05) is 37.1 Å². The smallest absolute Gasteiger partial charge is 0.240 e. The first-order valence-corrected chi connectivity index (χ1v) is 7.32. The molecule has 1 aliphatic carbocycles. The van der Waals surface area contributed by atoms with Crippen molar-refractivity contribution in [2.24, 2.45) is 0 Å². The highest BCUT2D eigenvalue weighted by Crippen LogP contribution is 2.24. The topological polar surface area (TPSA) is 32.3 Å². The van der Waals surface area contributed by atoms with Gasteiger partial charge in [-0.25, -0.2) is 0 Å². The lowest BCUT2D eigenvalue weighted by Gasteiger charge is -2.32. The Morgan fingerprint density at radius 2 is 1.85 bits per heavy atom. The van der Waals surface area contributed by atoms with Crippen molar-refractivity contribution in [1.29, 1.82) is 0 Å². The molecule has 1 fully saturated rings. The molecular weight excluding hydrogens is 272 g/mol. The number of fused-ring (bicyclic) bond motifs is 1. The average molecular weight is 295 g/mol. The van der Waals surface area contributed by atoms with Crippen LogP contribution in [0, 0.1) is 0 Å². The molecule has 1 N–H and O–H groups in total. The molecular formula is C16H23ClN2O. The van der Waals surface area contributed by atoms with Gasteiger partial charge in [-0.2, -0.15) is 0 Å². The zero-order valence-electron chi connectivity index (χ0n) is 12.0. The predicted molar refractivity (Wildman–Crippen MR) is 83.0 cm³/mol. The van der Waals surface area contributed by atoms with Gasteiger partial charge in [0.2, 0.25) is 5.91 Å². The second-order valence-corrected chi connectivity index (χ2v) is 5.79. The number of carbonyl (C=O) groups is 1. The van der Waals surface area contributed by atoms with Gasteiger partial charge in [0, 0.05) is 19.6 Å². The lowest BCUT2D eigenvalue weighted by molar-refractivity contribution is -0.134. The van der Waals surface area contributed by atoms with E-state index in [1.165, 1.54) is 36.8 Å². The molecule has 1 aromatic carbocycles. The summed E-state index contributed by atoms with van der Waals surface area (Å²) in [6.07, 6.45) is 5.70. The van der Waals surface area contributed by atoms with Crippen LogP contribution in [-0.2, 0) is 17.8 Å². The third kappa shape index (κ3) is 2.99. The standard InChI is InChI=1S/C16H22N2O.ClH/c1-18(14-8-4-5-9-14)16(19)15-10-12-6-2-3-7-13(12)11-17-15;/h2-3,6-7,14-15,17H,4-5,8-11H2,1H3;1H. The van der Waals surface area contributed by atoms with E-state index in [9.17, 15) is 4.79 Å². The summed E-state index contributed by atoms with van der Waals surface area (Å²) in [6, 6.07) is 8.84. The van der Waals surface area contributed by atoms with Crippen LogP contribution in [0.25, 0.3) is 0 Å². The second kappa shape index (κ2) is 6.59. The van der Waals surface area contributed by atoms with Crippen LogP contribution in [0.1, 0.15) is 36.8 Å². The molecule has 0 radical (unpaired) electrons. The number of halogens is 1. The molecule has 1 aromatic rings. The summed E-state index contributed by atoms with van der Waals surface area (Å²) < 4.78 is 0. The number of nitrogens with zero attached hydrogens (tertiary/aromatic N) is 1. The maximum atomic E-state index is 12.6. The van der Waals surface area contributed by atoms with Crippen molar-refractivity contribution in [3.05, 3.63) is 35.4 Å². The highest BCUT2D eigenvalue weighted by atomic mass is 35.5. The van der Waals surface area contributed by atoms with Gasteiger partial charge in [-0.3, -0.25) is 4.79 Å². The van der Waals surface area contributed by atoms with Crippen molar-refractivity contribution in [3.63, 3.8) is 0 Å². The first-order chi connectivity index (χ1) is 9.25. The van der Waals surface area contributed by atoms with Crippen molar-refractivity contribution in [2.45, 2.75) is 50.7 Å². The quantitative estimate of drug-likeness (QED) is 0.909. The van der Waals surface area contributed by atoms with Gasteiger partial charge in [0.1, 0.15) is 0 Å². The van der Waals surface area contributed by atoms with Gasteiger partial charge in [0.05, 0.1) is 6.04 Å². The molecule has 20 heavy (non-hydrogen) atoms. The van der Waals surface area contributed by atoms with Crippen LogP contribution in [0.15, 0.2) is 24.3 Å². The molecule has 1 amide bonds. The summed E-state index contributed by atoms with van der Waals surface area (Å²) in [5.41, 5.74) is 2.65. The van der Waals surface area contributed by atoms with Crippen molar-refractivity contribution in [1.82, 2.24) is 10.2 Å². The van der Waals surface area contributed by atoms with Crippen LogP contribution in [0.3, 0.4) is 0 Å². The largest absolute Gasteiger partial charge is 0.341 e. The minimum atomic E-state index is -0.0412. The lowest BCUT2D eigenvalue weighted by Crippen LogP contribution is -2.50.